The van der Waals surface area contributed by atoms with Crippen LogP contribution < -0.4 is 26.0 Å². The fraction of sp³-hybridized carbons (Fsp3) is 0.433. The molecule has 0 radical (unpaired) electrons. The Morgan fingerprint density at radius 3 is 1.92 bits per heavy atom. The maximum absolute atomic E-state index is 15.1. The van der Waals surface area contributed by atoms with Crippen molar-refractivity contribution in [1.29, 1.82) is 0 Å². The molecule has 0 heterocycles. The first kappa shape index (κ1) is 43.6. The van der Waals surface area contributed by atoms with Gasteiger partial charge in [-0.25, -0.2) is 4.39 Å². The summed E-state index contributed by atoms with van der Waals surface area (Å²) in [7, 11) is 2.44. The third kappa shape index (κ3) is 11.7. The van der Waals surface area contributed by atoms with Crippen LogP contribution in [0.4, 0.5) is 22.0 Å². The Labute approximate surface area is 320 Å². The number of Topliss-reactive ketones (excluding diaryl/α,β-unsaturated/α-hetero) is 1. The molecule has 11 nitrogen and oxygen atoms in total. The normalized spacial score (nSPS) is 13.9. The summed E-state index contributed by atoms with van der Waals surface area (Å²) >= 11 is 14.1. The van der Waals surface area contributed by atoms with E-state index < -0.39 is 85.7 Å². The van der Waals surface area contributed by atoms with Gasteiger partial charge in [0.2, 0.25) is 19.3 Å². The molecule has 4 N–H and O–H groups in total. The first-order chi connectivity index (χ1) is 23.1. The second kappa shape index (κ2) is 18.3. The molecule has 0 fully saturated rings. The summed E-state index contributed by atoms with van der Waals surface area (Å²) in [6.45, 7) is 1.05. The van der Waals surface area contributed by atoms with E-state index in [0.29, 0.717) is 5.75 Å². The number of hydrogen-bond acceptors (Lipinski definition) is 7. The van der Waals surface area contributed by atoms with Crippen molar-refractivity contribution < 1.29 is 55.4 Å². The van der Waals surface area contributed by atoms with Gasteiger partial charge in [0.05, 0.1) is 36.3 Å². The average molecular weight is 979 g/mol. The van der Waals surface area contributed by atoms with Gasteiger partial charge in [0, 0.05) is 12.7 Å². The standard InChI is InChI=1S/C30H31Cl2F5I2N4O7/c1-14(2)21(23(44)30(36,37)26(47)40-13-28(33,38)39)42-25(46)22(15-5-8-17(50-4)9-6-15)43-24(45)20(12-49-3)41-27(48)29(34,35)16-7-10-18(31)19(32)11-16/h5-11,14,20-22H,12-13H2,1-4H3,(H,40,47)(H,41,48)(H,42,46)(H,43,45)/t20-,21-,22-/m0/s1. The van der Waals surface area contributed by atoms with Crippen LogP contribution in [0.5, 0.6) is 5.75 Å². The molecule has 276 valence electrons. The van der Waals surface area contributed by atoms with E-state index >= 15 is 8.78 Å². The Balaban J connectivity index is 2.41. The van der Waals surface area contributed by atoms with Crippen molar-refractivity contribution in [3.63, 3.8) is 0 Å². The zero-order valence-electron chi connectivity index (χ0n) is 26.5. The summed E-state index contributed by atoms with van der Waals surface area (Å²) in [6.07, 6.45) is 0. The average Bonchev–Trinajstić information content (AvgIpc) is 3.04. The highest BCUT2D eigenvalue weighted by molar-refractivity contribution is 14.2. The number of carbonyl (C=O) groups is 5. The maximum atomic E-state index is 15.1. The number of methoxy groups -OCH3 is 2. The van der Waals surface area contributed by atoms with Gasteiger partial charge in [-0.1, -0.05) is 55.2 Å². The third-order valence-electron chi connectivity index (χ3n) is 6.81. The third-order valence-corrected chi connectivity index (χ3v) is 8.31. The fourth-order valence-corrected chi connectivity index (χ4v) is 4.81. The van der Waals surface area contributed by atoms with Gasteiger partial charge in [-0.15, -0.1) is 0 Å². The maximum Gasteiger partial charge on any atom is 0.383 e. The molecule has 0 aromatic heterocycles. The largest absolute Gasteiger partial charge is 0.497 e. The smallest absolute Gasteiger partial charge is 0.383 e. The van der Waals surface area contributed by atoms with Gasteiger partial charge in [-0.05, 0) is 80.9 Å². The van der Waals surface area contributed by atoms with Crippen molar-refractivity contribution in [1.82, 2.24) is 21.3 Å². The van der Waals surface area contributed by atoms with Gasteiger partial charge < -0.3 is 30.7 Å². The van der Waals surface area contributed by atoms with Gasteiger partial charge in [-0.2, -0.15) is 17.6 Å². The molecule has 0 aliphatic heterocycles. The molecular formula is C30H31Cl2F5I2N4O7. The van der Waals surface area contributed by atoms with Crippen molar-refractivity contribution >= 4 is 97.8 Å². The van der Waals surface area contributed by atoms with Crippen LogP contribution in [0, 0.1) is 5.92 Å². The van der Waals surface area contributed by atoms with Crippen LogP contribution in [0.15, 0.2) is 42.5 Å². The van der Waals surface area contributed by atoms with E-state index in [-0.39, 0.29) is 15.6 Å². The van der Waals surface area contributed by atoms with Crippen LogP contribution >= 0.6 is 68.4 Å². The topological polar surface area (TPSA) is 152 Å². The molecule has 0 aliphatic rings. The first-order valence-corrected chi connectivity index (χ1v) is 17.1. The first-order valence-electron chi connectivity index (χ1n) is 14.2. The lowest BCUT2D eigenvalue weighted by molar-refractivity contribution is -0.161. The number of nitrogens with one attached hydrogen (secondary N) is 4. The van der Waals surface area contributed by atoms with Gasteiger partial charge in [0.15, 0.2) is 0 Å². The van der Waals surface area contributed by atoms with Crippen LogP contribution in [0.2, 0.25) is 10.0 Å². The van der Waals surface area contributed by atoms with E-state index in [9.17, 15) is 37.1 Å². The monoisotopic (exact) mass is 978 g/mol. The SMILES string of the molecule is COC[C@H](NC(=O)C(F)(F)c1ccc(Cl)c(Cl)c1)C(=O)N[C@H](C(=O)N[C@H](C(=O)C(F)(F)C(=O)NCC(F)(I)I)C(C)C)c1ccc(OC)cc1. The van der Waals surface area contributed by atoms with Crippen molar-refractivity contribution in [3.05, 3.63) is 63.6 Å². The summed E-state index contributed by atoms with van der Waals surface area (Å²) in [5, 5.41) is 7.56. The lowest BCUT2D eigenvalue weighted by Gasteiger charge is -2.29. The van der Waals surface area contributed by atoms with E-state index in [0.717, 1.165) is 25.3 Å². The van der Waals surface area contributed by atoms with Gasteiger partial charge >= 0.3 is 11.8 Å². The number of halogens is 9. The predicted molar refractivity (Wildman–Crippen MR) is 190 cm³/mol. The van der Waals surface area contributed by atoms with E-state index in [1.54, 1.807) is 5.32 Å². The molecule has 0 spiro atoms. The molecule has 0 aliphatic carbocycles. The molecule has 50 heavy (non-hydrogen) atoms. The highest BCUT2D eigenvalue weighted by Gasteiger charge is 2.52. The van der Waals surface area contributed by atoms with Crippen LogP contribution in [0.1, 0.15) is 31.0 Å². The summed E-state index contributed by atoms with van der Waals surface area (Å²) < 4.78 is 81.8. The Kier molecular flexibility index (Phi) is 15.9. The summed E-state index contributed by atoms with van der Waals surface area (Å²) in [4.78, 5) is 65.0. The van der Waals surface area contributed by atoms with Gasteiger partial charge in [-0.3, -0.25) is 24.0 Å². The Morgan fingerprint density at radius 2 is 1.42 bits per heavy atom. The second-order valence-corrected chi connectivity index (χ2v) is 17.2. The highest BCUT2D eigenvalue weighted by atomic mass is 127. The molecule has 0 saturated heterocycles. The summed E-state index contributed by atoms with van der Waals surface area (Å²) in [5.41, 5.74) is -0.845. The van der Waals surface area contributed by atoms with Gasteiger partial charge in [0.25, 0.3) is 11.8 Å². The number of carbonyl (C=O) groups excluding carboxylic acids is 5. The quantitative estimate of drug-likeness (QED) is 0.0752. The molecule has 20 heteroatoms. The minimum absolute atomic E-state index is 0.00288. The Morgan fingerprint density at radius 1 is 0.820 bits per heavy atom. The van der Waals surface area contributed by atoms with Gasteiger partial charge in [0.1, 0.15) is 17.8 Å². The lowest BCUT2D eigenvalue weighted by Crippen LogP contribution is -2.59. The number of rotatable bonds is 17. The number of hydrogen-bond donors (Lipinski definition) is 4. The Bertz CT molecular complexity index is 1570. The highest BCUT2D eigenvalue weighted by Crippen LogP contribution is 2.33. The molecule has 2 aromatic carbocycles. The van der Waals surface area contributed by atoms with Crippen LogP contribution in [0.25, 0.3) is 0 Å². The minimum atomic E-state index is -4.72. The zero-order valence-corrected chi connectivity index (χ0v) is 32.4. The number of benzene rings is 2. The molecule has 2 rings (SSSR count). The molecule has 0 unspecified atom stereocenters. The minimum Gasteiger partial charge on any atom is -0.497 e. The van der Waals surface area contributed by atoms with Crippen LogP contribution in [0.3, 0.4) is 0 Å². The van der Waals surface area contributed by atoms with E-state index in [1.165, 1.54) is 90.4 Å². The van der Waals surface area contributed by atoms with Crippen molar-refractivity contribution in [3.8, 4) is 5.75 Å². The number of amides is 4. The molecule has 3 atom stereocenters. The molecule has 2 aromatic rings. The fourth-order valence-electron chi connectivity index (χ4n) is 4.13. The zero-order chi connectivity index (χ0) is 38.2. The van der Waals surface area contributed by atoms with Crippen LogP contribution in [-0.2, 0) is 34.6 Å². The molecule has 0 bridgehead atoms. The van der Waals surface area contributed by atoms with Crippen molar-refractivity contribution in [2.24, 2.45) is 5.92 Å². The Hall–Kier alpha value is -2.56. The second-order valence-electron chi connectivity index (χ2n) is 10.9. The number of ether oxygens (including phenoxy) is 2. The van der Waals surface area contributed by atoms with E-state index in [2.05, 4.69) is 10.6 Å². The lowest BCUT2D eigenvalue weighted by atomic mass is 9.94. The van der Waals surface area contributed by atoms with Crippen LogP contribution in [-0.4, -0.2) is 76.5 Å². The van der Waals surface area contributed by atoms with Crippen molar-refractivity contribution in [2.45, 2.75) is 45.5 Å². The summed E-state index contributed by atoms with van der Waals surface area (Å²) in [5.74, 6) is -18.2. The summed E-state index contributed by atoms with van der Waals surface area (Å²) in [6, 6.07) is 2.36. The van der Waals surface area contributed by atoms with Crippen molar-refractivity contribution in [2.75, 3.05) is 27.4 Å². The molecular weight excluding hydrogens is 948 g/mol. The number of ketones is 1. The predicted octanol–water partition coefficient (Wildman–Crippen LogP) is 5.04. The molecule has 0 saturated carbocycles. The van der Waals surface area contributed by atoms with E-state index in [1.807, 2.05) is 5.32 Å². The number of alkyl halides is 7. The molecule has 4 amide bonds. The van der Waals surface area contributed by atoms with E-state index in [4.69, 9.17) is 32.7 Å².